The fourth-order valence-electron chi connectivity index (χ4n) is 2.76. The first-order chi connectivity index (χ1) is 9.24. The monoisotopic (exact) mass is 345 g/mol. The maximum absolute atomic E-state index is 5.81. The molecule has 0 radical (unpaired) electrons. The Kier molecular flexibility index (Phi) is 5.99. The molecule has 1 unspecified atom stereocenters. The Labute approximate surface area is 129 Å². The van der Waals surface area contributed by atoms with Gasteiger partial charge in [0.2, 0.25) is 0 Å². The minimum Gasteiger partial charge on any atom is -0.497 e. The van der Waals surface area contributed by atoms with Crippen LogP contribution in [0.1, 0.15) is 31.2 Å². The smallest absolute Gasteiger partial charge is 0.119 e. The first-order valence-corrected chi connectivity index (χ1v) is 8.19. The van der Waals surface area contributed by atoms with Gasteiger partial charge in [0.1, 0.15) is 5.75 Å². The van der Waals surface area contributed by atoms with Crippen LogP contribution in [-0.2, 0) is 6.54 Å². The first kappa shape index (κ1) is 15.1. The van der Waals surface area contributed by atoms with Gasteiger partial charge in [0, 0.05) is 22.9 Å². The van der Waals surface area contributed by atoms with E-state index in [0.29, 0.717) is 6.04 Å². The molecule has 0 amide bonds. The van der Waals surface area contributed by atoms with Crippen LogP contribution in [0.25, 0.3) is 0 Å². The Balaban J connectivity index is 2.03. The summed E-state index contributed by atoms with van der Waals surface area (Å²) in [7, 11) is 1.71. The van der Waals surface area contributed by atoms with E-state index in [2.05, 4.69) is 33.0 Å². The fraction of sp³-hybridized carbons (Fsp3) is 0.600. The second kappa shape index (κ2) is 7.51. The van der Waals surface area contributed by atoms with E-state index in [4.69, 9.17) is 16.3 Å². The number of methoxy groups -OCH3 is 1. The number of benzene rings is 1. The van der Waals surface area contributed by atoms with Crippen LogP contribution in [0.4, 0.5) is 0 Å². The maximum Gasteiger partial charge on any atom is 0.119 e. The van der Waals surface area contributed by atoms with E-state index < -0.39 is 0 Å². The molecule has 2 nitrogen and oxygen atoms in total. The summed E-state index contributed by atoms with van der Waals surface area (Å²) in [4.78, 5) is 2.58. The number of rotatable bonds is 6. The molecular weight excluding hydrogens is 326 g/mol. The van der Waals surface area contributed by atoms with Crippen molar-refractivity contribution in [2.75, 3.05) is 19.5 Å². The third kappa shape index (κ3) is 4.11. The molecule has 0 aliphatic carbocycles. The number of hydrogen-bond donors (Lipinski definition) is 0. The lowest BCUT2D eigenvalue weighted by atomic mass is 10.1. The number of hydrogen-bond acceptors (Lipinski definition) is 2. The normalized spacial score (nSPS) is 19.8. The van der Waals surface area contributed by atoms with Gasteiger partial charge < -0.3 is 4.74 Å². The Morgan fingerprint density at radius 1 is 1.47 bits per heavy atom. The van der Waals surface area contributed by atoms with Gasteiger partial charge in [-0.25, -0.2) is 0 Å². The quantitative estimate of drug-likeness (QED) is 0.706. The molecule has 1 aliphatic rings. The molecule has 0 aromatic heterocycles. The predicted octanol–water partition coefficient (Wildman–Crippen LogP) is 4.44. The van der Waals surface area contributed by atoms with E-state index >= 15 is 0 Å². The second-order valence-electron chi connectivity index (χ2n) is 5.06. The SMILES string of the molecule is COc1ccc(Br)c(CN2CCCC2CCCCl)c1. The summed E-state index contributed by atoms with van der Waals surface area (Å²) in [5, 5.41) is 0. The minimum absolute atomic E-state index is 0.692. The number of halogens is 2. The zero-order valence-corrected chi connectivity index (χ0v) is 13.7. The van der Waals surface area contributed by atoms with Crippen molar-refractivity contribution in [2.45, 2.75) is 38.3 Å². The van der Waals surface area contributed by atoms with E-state index in [1.54, 1.807) is 7.11 Å². The molecule has 106 valence electrons. The van der Waals surface area contributed by atoms with Crippen LogP contribution in [0, 0.1) is 0 Å². The summed E-state index contributed by atoms with van der Waals surface area (Å²) in [6.45, 7) is 2.18. The van der Waals surface area contributed by atoms with E-state index in [0.717, 1.165) is 29.1 Å². The molecule has 0 saturated carbocycles. The van der Waals surface area contributed by atoms with E-state index in [1.807, 2.05) is 6.07 Å². The molecule has 1 saturated heterocycles. The van der Waals surface area contributed by atoms with Crippen LogP contribution in [-0.4, -0.2) is 30.5 Å². The van der Waals surface area contributed by atoms with Crippen LogP contribution in [0.15, 0.2) is 22.7 Å². The van der Waals surface area contributed by atoms with Crippen molar-refractivity contribution in [3.8, 4) is 5.75 Å². The summed E-state index contributed by atoms with van der Waals surface area (Å²) < 4.78 is 6.47. The van der Waals surface area contributed by atoms with E-state index in [-0.39, 0.29) is 0 Å². The van der Waals surface area contributed by atoms with Gasteiger partial charge in [-0.3, -0.25) is 4.90 Å². The third-order valence-corrected chi connectivity index (χ3v) is 4.84. The highest BCUT2D eigenvalue weighted by Gasteiger charge is 2.24. The van der Waals surface area contributed by atoms with Gasteiger partial charge in [0.05, 0.1) is 7.11 Å². The molecule has 0 spiro atoms. The first-order valence-electron chi connectivity index (χ1n) is 6.87. The Morgan fingerprint density at radius 2 is 2.32 bits per heavy atom. The second-order valence-corrected chi connectivity index (χ2v) is 6.29. The number of alkyl halides is 1. The summed E-state index contributed by atoms with van der Waals surface area (Å²) in [6.07, 6.45) is 4.93. The lowest BCUT2D eigenvalue weighted by molar-refractivity contribution is 0.233. The summed E-state index contributed by atoms with van der Waals surface area (Å²) in [6, 6.07) is 6.87. The molecular formula is C15H21BrClNO. The highest BCUT2D eigenvalue weighted by Crippen LogP contribution is 2.28. The van der Waals surface area contributed by atoms with Crippen LogP contribution in [0.5, 0.6) is 5.75 Å². The molecule has 1 aromatic carbocycles. The van der Waals surface area contributed by atoms with Crippen molar-refractivity contribution in [3.05, 3.63) is 28.2 Å². The largest absolute Gasteiger partial charge is 0.497 e. The molecule has 1 fully saturated rings. The van der Waals surface area contributed by atoms with Crippen LogP contribution in [0.2, 0.25) is 0 Å². The average molecular weight is 347 g/mol. The number of likely N-dealkylation sites (tertiary alicyclic amines) is 1. The van der Waals surface area contributed by atoms with Crippen molar-refractivity contribution in [1.82, 2.24) is 4.90 Å². The lowest BCUT2D eigenvalue weighted by Gasteiger charge is -2.25. The highest BCUT2D eigenvalue weighted by molar-refractivity contribution is 9.10. The topological polar surface area (TPSA) is 12.5 Å². The Morgan fingerprint density at radius 3 is 3.05 bits per heavy atom. The predicted molar refractivity (Wildman–Crippen MR) is 84.1 cm³/mol. The van der Waals surface area contributed by atoms with Gasteiger partial charge in [-0.2, -0.15) is 0 Å². The minimum atomic E-state index is 0.692. The van der Waals surface area contributed by atoms with Crippen molar-refractivity contribution < 1.29 is 4.74 Å². The van der Waals surface area contributed by atoms with Gasteiger partial charge >= 0.3 is 0 Å². The summed E-state index contributed by atoms with van der Waals surface area (Å²) in [5.41, 5.74) is 1.30. The lowest BCUT2D eigenvalue weighted by Crippen LogP contribution is -2.29. The fourth-order valence-corrected chi connectivity index (χ4v) is 3.29. The number of nitrogens with zero attached hydrogens (tertiary/aromatic N) is 1. The molecule has 1 heterocycles. The summed E-state index contributed by atoms with van der Waals surface area (Å²) >= 11 is 9.45. The zero-order valence-electron chi connectivity index (χ0n) is 11.4. The average Bonchev–Trinajstić information content (AvgIpc) is 2.86. The molecule has 0 N–H and O–H groups in total. The standard InChI is InChI=1S/C15H21BrClNO/c1-19-14-6-7-15(16)12(10-14)11-18-9-3-5-13(18)4-2-8-17/h6-7,10,13H,2-5,8-9,11H2,1H3. The number of ether oxygens (including phenoxy) is 1. The molecule has 1 aliphatic heterocycles. The molecule has 19 heavy (non-hydrogen) atoms. The highest BCUT2D eigenvalue weighted by atomic mass is 79.9. The van der Waals surface area contributed by atoms with Crippen molar-refractivity contribution in [3.63, 3.8) is 0 Å². The molecule has 4 heteroatoms. The molecule has 2 rings (SSSR count). The van der Waals surface area contributed by atoms with Gasteiger partial charge in [-0.1, -0.05) is 15.9 Å². The Bertz CT molecular complexity index is 413. The molecule has 0 bridgehead atoms. The molecule has 1 aromatic rings. The van der Waals surface area contributed by atoms with Gasteiger partial charge in [0.25, 0.3) is 0 Å². The summed E-state index contributed by atoms with van der Waals surface area (Å²) in [5.74, 6) is 1.70. The van der Waals surface area contributed by atoms with Crippen molar-refractivity contribution in [2.24, 2.45) is 0 Å². The maximum atomic E-state index is 5.81. The van der Waals surface area contributed by atoms with E-state index in [9.17, 15) is 0 Å². The third-order valence-electron chi connectivity index (χ3n) is 3.80. The zero-order chi connectivity index (χ0) is 13.7. The van der Waals surface area contributed by atoms with Crippen LogP contribution < -0.4 is 4.74 Å². The van der Waals surface area contributed by atoms with Crippen LogP contribution >= 0.6 is 27.5 Å². The van der Waals surface area contributed by atoms with Gasteiger partial charge in [-0.05, 0) is 56.0 Å². The van der Waals surface area contributed by atoms with Crippen LogP contribution in [0.3, 0.4) is 0 Å². The van der Waals surface area contributed by atoms with Crippen molar-refractivity contribution >= 4 is 27.5 Å². The Hall–Kier alpha value is -0.250. The van der Waals surface area contributed by atoms with E-state index in [1.165, 1.54) is 31.4 Å². The van der Waals surface area contributed by atoms with Crippen molar-refractivity contribution in [1.29, 1.82) is 0 Å². The molecule has 1 atom stereocenters. The van der Waals surface area contributed by atoms with Gasteiger partial charge in [0.15, 0.2) is 0 Å². The van der Waals surface area contributed by atoms with Gasteiger partial charge in [-0.15, -0.1) is 11.6 Å².